The molecular formula is C31H31N9O. The van der Waals surface area contributed by atoms with Crippen LogP contribution in [0.2, 0.25) is 0 Å². The lowest BCUT2D eigenvalue weighted by molar-refractivity contribution is 0.0955. The fourth-order valence-corrected chi connectivity index (χ4v) is 5.25. The fourth-order valence-electron chi connectivity index (χ4n) is 5.25. The van der Waals surface area contributed by atoms with Crippen molar-refractivity contribution in [3.63, 3.8) is 0 Å². The summed E-state index contributed by atoms with van der Waals surface area (Å²) in [7, 11) is 0. The smallest absolute Gasteiger partial charge is 0.251 e. The van der Waals surface area contributed by atoms with Gasteiger partial charge in [0.2, 0.25) is 0 Å². The monoisotopic (exact) mass is 545 g/mol. The Bertz CT molecular complexity index is 1690. The van der Waals surface area contributed by atoms with E-state index < -0.39 is 0 Å². The predicted octanol–water partition coefficient (Wildman–Crippen LogP) is 4.98. The first kappa shape index (κ1) is 26.2. The van der Waals surface area contributed by atoms with Crippen molar-refractivity contribution in [1.82, 2.24) is 25.6 Å². The number of nitrogens with one attached hydrogen (secondary N) is 3. The van der Waals surface area contributed by atoms with Gasteiger partial charge in [0, 0.05) is 24.2 Å². The Hall–Kier alpha value is -4.99. The lowest BCUT2D eigenvalue weighted by atomic mass is 9.93. The standard InChI is InChI=1S/C31H31N9O/c1-3-23(40-38-16-20-7-5-9-25-29(20)36-17-34-25)27-13-21(31(41)32-4-2)14-28(39-27)24-12-11-19(15-33-24)22-8-6-10-26-30(22)37-18-35-26/h3,5-10,12-15,17-19,25,29H,4,11,16H2,1-2H3,(H,32,41)(H,34,36)(H,35,37)/b23-3-,40-38-. The molecule has 3 N–H and O–H groups in total. The highest BCUT2D eigenvalue weighted by Crippen LogP contribution is 2.31. The van der Waals surface area contributed by atoms with Gasteiger partial charge in [-0.1, -0.05) is 42.5 Å². The van der Waals surface area contributed by atoms with E-state index in [-0.39, 0.29) is 23.9 Å². The number of pyridine rings is 1. The molecule has 2 aromatic heterocycles. The quantitative estimate of drug-likeness (QED) is 0.344. The van der Waals surface area contributed by atoms with E-state index in [1.54, 1.807) is 24.8 Å². The van der Waals surface area contributed by atoms with E-state index in [1.165, 1.54) is 0 Å². The summed E-state index contributed by atoms with van der Waals surface area (Å²) in [5, 5.41) is 15.2. The first-order chi connectivity index (χ1) is 20.1. The number of carbonyl (C=O) groups excluding carboxylic acids is 1. The lowest BCUT2D eigenvalue weighted by Crippen LogP contribution is -2.35. The minimum atomic E-state index is -0.175. The number of hydrogen-bond donors (Lipinski definition) is 3. The van der Waals surface area contributed by atoms with Crippen molar-refractivity contribution in [2.45, 2.75) is 38.3 Å². The largest absolute Gasteiger partial charge is 0.367 e. The molecule has 0 radical (unpaired) electrons. The van der Waals surface area contributed by atoms with E-state index in [2.05, 4.69) is 60.1 Å². The van der Waals surface area contributed by atoms with Gasteiger partial charge in [0.1, 0.15) is 5.70 Å². The second-order valence-electron chi connectivity index (χ2n) is 9.95. The van der Waals surface area contributed by atoms with Gasteiger partial charge in [-0.15, -0.1) is 0 Å². The zero-order valence-corrected chi connectivity index (χ0v) is 23.0. The molecule has 2 aliphatic heterocycles. The number of aromatic amines is 1. The van der Waals surface area contributed by atoms with E-state index in [0.717, 1.165) is 28.6 Å². The molecule has 10 heteroatoms. The first-order valence-electron chi connectivity index (χ1n) is 13.8. The molecule has 0 saturated carbocycles. The van der Waals surface area contributed by atoms with Gasteiger partial charge in [0.05, 0.1) is 59.4 Å². The molecule has 0 spiro atoms. The number of para-hydroxylation sites is 1. The number of azo groups is 1. The number of imidazole rings is 1. The summed E-state index contributed by atoms with van der Waals surface area (Å²) in [5.74, 6) is -0.0780. The van der Waals surface area contributed by atoms with Gasteiger partial charge in [-0.2, -0.15) is 10.2 Å². The molecule has 1 aliphatic carbocycles. The zero-order valence-electron chi connectivity index (χ0n) is 23.0. The van der Waals surface area contributed by atoms with E-state index in [1.807, 2.05) is 44.3 Å². The molecule has 41 heavy (non-hydrogen) atoms. The number of fused-ring (bicyclic) bond motifs is 2. The second kappa shape index (κ2) is 11.6. The highest BCUT2D eigenvalue weighted by molar-refractivity contribution is 5.96. The average Bonchev–Trinajstić information content (AvgIpc) is 3.70. The number of aromatic nitrogens is 3. The number of H-pyrrole nitrogens is 1. The molecule has 3 aromatic rings. The summed E-state index contributed by atoms with van der Waals surface area (Å²) >= 11 is 0. The Morgan fingerprint density at radius 1 is 1.27 bits per heavy atom. The minimum absolute atomic E-state index is 0.0972. The van der Waals surface area contributed by atoms with Crippen LogP contribution in [0.4, 0.5) is 0 Å². The third-order valence-electron chi connectivity index (χ3n) is 7.35. The number of carbonyl (C=O) groups is 1. The van der Waals surface area contributed by atoms with E-state index in [0.29, 0.717) is 41.4 Å². The van der Waals surface area contributed by atoms with E-state index >= 15 is 0 Å². The Morgan fingerprint density at radius 2 is 2.20 bits per heavy atom. The first-order valence-corrected chi connectivity index (χ1v) is 13.8. The van der Waals surface area contributed by atoms with Gasteiger partial charge in [-0.25, -0.2) is 9.97 Å². The Morgan fingerprint density at radius 3 is 3.02 bits per heavy atom. The van der Waals surface area contributed by atoms with E-state index in [9.17, 15) is 4.79 Å². The lowest BCUT2D eigenvalue weighted by Gasteiger charge is -2.20. The number of benzene rings is 1. The molecule has 0 bridgehead atoms. The van der Waals surface area contributed by atoms with Crippen LogP contribution >= 0.6 is 0 Å². The van der Waals surface area contributed by atoms with Gasteiger partial charge >= 0.3 is 0 Å². The number of hydrogen-bond acceptors (Lipinski definition) is 8. The molecule has 1 amide bonds. The van der Waals surface area contributed by atoms with Crippen LogP contribution in [0.3, 0.4) is 0 Å². The Labute approximate surface area is 237 Å². The summed E-state index contributed by atoms with van der Waals surface area (Å²) in [6.07, 6.45) is 16.2. The normalized spacial score (nSPS) is 21.6. The van der Waals surface area contributed by atoms with Gasteiger partial charge < -0.3 is 15.6 Å². The molecule has 206 valence electrons. The zero-order chi connectivity index (χ0) is 28.2. The third kappa shape index (κ3) is 5.41. The number of aliphatic imine (C=N–C) groups is 2. The summed E-state index contributed by atoms with van der Waals surface area (Å²) in [6, 6.07) is 9.87. The molecule has 0 fully saturated rings. The molecule has 3 aliphatic rings. The molecule has 3 atom stereocenters. The van der Waals surface area contributed by atoms with Gasteiger partial charge in [0.25, 0.3) is 5.91 Å². The van der Waals surface area contributed by atoms with Crippen LogP contribution in [0.1, 0.15) is 53.5 Å². The van der Waals surface area contributed by atoms with Crippen LogP contribution in [0, 0.1) is 0 Å². The molecule has 3 unspecified atom stereocenters. The maximum Gasteiger partial charge on any atom is 0.251 e. The predicted molar refractivity (Wildman–Crippen MR) is 162 cm³/mol. The van der Waals surface area contributed by atoms with E-state index in [4.69, 9.17) is 9.98 Å². The van der Waals surface area contributed by atoms with Crippen molar-refractivity contribution >= 4 is 40.9 Å². The fraction of sp³-hybridized carbons (Fsp3) is 0.258. The third-order valence-corrected chi connectivity index (χ3v) is 7.35. The molecule has 1 aromatic carbocycles. The SMILES string of the molecule is C/C=C(\N=N/CC1=CC=CC2N=CNC12)c1cc(C(=O)NCC)cc(C2=CCC(c3cccc4[nH]cnc34)C=N2)n1. The average molecular weight is 546 g/mol. The molecule has 10 nitrogen and oxygen atoms in total. The summed E-state index contributed by atoms with van der Waals surface area (Å²) in [4.78, 5) is 34.6. The van der Waals surface area contributed by atoms with Crippen molar-refractivity contribution in [1.29, 1.82) is 0 Å². The van der Waals surface area contributed by atoms with Crippen LogP contribution in [0.5, 0.6) is 0 Å². The summed E-state index contributed by atoms with van der Waals surface area (Å²) < 4.78 is 0. The topological polar surface area (TPSA) is 132 Å². The van der Waals surface area contributed by atoms with Crippen LogP contribution < -0.4 is 10.6 Å². The Kier molecular flexibility index (Phi) is 7.44. The summed E-state index contributed by atoms with van der Waals surface area (Å²) in [5.41, 5.74) is 7.16. The van der Waals surface area contributed by atoms with Gasteiger partial charge in [-0.05, 0) is 49.6 Å². The molecular weight excluding hydrogens is 514 g/mol. The minimum Gasteiger partial charge on any atom is -0.367 e. The van der Waals surface area contributed by atoms with Crippen LogP contribution in [0.25, 0.3) is 22.4 Å². The van der Waals surface area contributed by atoms with Crippen molar-refractivity contribution in [3.8, 4) is 0 Å². The van der Waals surface area contributed by atoms with Gasteiger partial charge in [-0.3, -0.25) is 14.8 Å². The Balaban J connectivity index is 1.25. The van der Waals surface area contributed by atoms with Crippen LogP contribution in [0.15, 0.2) is 92.8 Å². The maximum absolute atomic E-state index is 12.9. The highest BCUT2D eigenvalue weighted by atomic mass is 16.1. The molecule has 0 saturated heterocycles. The molecule has 6 rings (SSSR count). The van der Waals surface area contributed by atoms with Crippen molar-refractivity contribution in [2.75, 3.05) is 13.1 Å². The van der Waals surface area contributed by atoms with Gasteiger partial charge in [0.15, 0.2) is 0 Å². The van der Waals surface area contributed by atoms with Crippen LogP contribution in [-0.2, 0) is 0 Å². The summed E-state index contributed by atoms with van der Waals surface area (Å²) in [6.45, 7) is 4.73. The number of nitrogens with zero attached hydrogens (tertiary/aromatic N) is 6. The highest BCUT2D eigenvalue weighted by Gasteiger charge is 2.27. The van der Waals surface area contributed by atoms with Crippen molar-refractivity contribution < 1.29 is 4.79 Å². The van der Waals surface area contributed by atoms with Crippen molar-refractivity contribution in [3.05, 3.63) is 95.1 Å². The van der Waals surface area contributed by atoms with Crippen LogP contribution in [-0.4, -0.2) is 58.6 Å². The number of amides is 1. The molecule has 4 heterocycles. The maximum atomic E-state index is 12.9. The van der Waals surface area contributed by atoms with Crippen molar-refractivity contribution in [2.24, 2.45) is 20.2 Å². The number of allylic oxidation sites excluding steroid dienone is 4. The second-order valence-corrected chi connectivity index (χ2v) is 9.95. The number of rotatable bonds is 8.